The maximum atomic E-state index is 13.2. The number of methoxy groups -OCH3 is 1. The summed E-state index contributed by atoms with van der Waals surface area (Å²) in [5.41, 5.74) is 1.15. The molecule has 1 N–H and O–H groups in total. The number of aromatic nitrogens is 2. The highest BCUT2D eigenvalue weighted by Crippen LogP contribution is 2.25. The molecule has 31 heavy (non-hydrogen) atoms. The van der Waals surface area contributed by atoms with Crippen LogP contribution < -0.4 is 10.9 Å². The molecule has 0 aliphatic rings. The van der Waals surface area contributed by atoms with Gasteiger partial charge in [0.25, 0.3) is 5.56 Å². The molecule has 1 atom stereocenters. The lowest BCUT2D eigenvalue weighted by Crippen LogP contribution is -2.42. The molecule has 0 saturated carbocycles. The molecule has 0 spiro atoms. The molecule has 1 heterocycles. The van der Waals surface area contributed by atoms with Crippen LogP contribution in [0.25, 0.3) is 10.9 Å². The molecule has 7 nitrogen and oxygen atoms in total. The van der Waals surface area contributed by atoms with Crippen LogP contribution in [0.4, 0.5) is 10.5 Å². The van der Waals surface area contributed by atoms with E-state index in [1.807, 2.05) is 32.0 Å². The molecule has 2 amide bonds. The Morgan fingerprint density at radius 2 is 1.90 bits per heavy atom. The topological polar surface area (TPSA) is 76.5 Å². The first-order valence-corrected chi connectivity index (χ1v) is 10.7. The van der Waals surface area contributed by atoms with Crippen molar-refractivity contribution in [2.45, 2.75) is 32.9 Å². The fraction of sp³-hybridized carbons (Fsp3) is 0.348. The summed E-state index contributed by atoms with van der Waals surface area (Å²) in [5.74, 6) is 0.566. The molecule has 8 heteroatoms. The quantitative estimate of drug-likeness (QED) is 0.548. The number of nitrogens with one attached hydrogen (secondary N) is 1. The second-order valence-electron chi connectivity index (χ2n) is 7.08. The van der Waals surface area contributed by atoms with E-state index in [0.29, 0.717) is 53.6 Å². The molecule has 3 rings (SSSR count). The zero-order valence-electron chi connectivity index (χ0n) is 18.0. The maximum absolute atomic E-state index is 13.2. The van der Waals surface area contributed by atoms with E-state index in [1.54, 1.807) is 46.9 Å². The largest absolute Gasteiger partial charge is 0.383 e. The minimum atomic E-state index is -0.403. The van der Waals surface area contributed by atoms with Crippen molar-refractivity contribution in [2.24, 2.45) is 0 Å². The number of urea groups is 1. The number of rotatable bonds is 8. The molecule has 0 bridgehead atoms. The van der Waals surface area contributed by atoms with Gasteiger partial charge in [0, 0.05) is 30.9 Å². The Bertz CT molecular complexity index is 1100. The van der Waals surface area contributed by atoms with Gasteiger partial charge in [-0.25, -0.2) is 9.78 Å². The van der Waals surface area contributed by atoms with Crippen LogP contribution in [0.1, 0.15) is 32.1 Å². The third-order valence-electron chi connectivity index (χ3n) is 5.16. The van der Waals surface area contributed by atoms with Crippen LogP contribution in [0.15, 0.2) is 53.3 Å². The number of para-hydroxylation sites is 1. The van der Waals surface area contributed by atoms with Gasteiger partial charge in [0.2, 0.25) is 0 Å². The number of carbonyl (C=O) groups excluding carboxylic acids is 1. The smallest absolute Gasteiger partial charge is 0.322 e. The zero-order chi connectivity index (χ0) is 22.4. The molecule has 0 unspecified atom stereocenters. The van der Waals surface area contributed by atoms with Gasteiger partial charge in [0.15, 0.2) is 0 Å². The second-order valence-corrected chi connectivity index (χ2v) is 7.52. The van der Waals surface area contributed by atoms with Gasteiger partial charge < -0.3 is 15.0 Å². The van der Waals surface area contributed by atoms with Gasteiger partial charge in [-0.1, -0.05) is 30.7 Å². The molecule has 164 valence electrons. The van der Waals surface area contributed by atoms with E-state index in [-0.39, 0.29) is 11.6 Å². The van der Waals surface area contributed by atoms with E-state index in [2.05, 4.69) is 5.32 Å². The van der Waals surface area contributed by atoms with Crippen molar-refractivity contribution < 1.29 is 9.53 Å². The van der Waals surface area contributed by atoms with Gasteiger partial charge in [-0.05, 0) is 49.7 Å². The van der Waals surface area contributed by atoms with E-state index in [4.69, 9.17) is 21.3 Å². The number of nitrogens with zero attached hydrogens (tertiary/aromatic N) is 3. The SMILES string of the molecule is CC[C@@H](c1nc2ccccc2c(=O)n1CC)N(CCOC)C(=O)Nc1ccc(Cl)cc1. The first-order valence-electron chi connectivity index (χ1n) is 10.3. The summed E-state index contributed by atoms with van der Waals surface area (Å²) in [6.45, 7) is 5.04. The highest BCUT2D eigenvalue weighted by atomic mass is 35.5. The summed E-state index contributed by atoms with van der Waals surface area (Å²) in [4.78, 5) is 32.8. The number of amides is 2. The minimum Gasteiger partial charge on any atom is -0.383 e. The van der Waals surface area contributed by atoms with Crippen molar-refractivity contribution >= 4 is 34.2 Å². The van der Waals surface area contributed by atoms with Crippen molar-refractivity contribution in [1.29, 1.82) is 0 Å². The van der Waals surface area contributed by atoms with Crippen LogP contribution in [0.3, 0.4) is 0 Å². The molecule has 0 aliphatic carbocycles. The molecule has 3 aromatic rings. The van der Waals surface area contributed by atoms with Crippen LogP contribution >= 0.6 is 11.6 Å². The van der Waals surface area contributed by atoms with Gasteiger partial charge in [0.1, 0.15) is 5.82 Å². The third-order valence-corrected chi connectivity index (χ3v) is 5.41. The lowest BCUT2D eigenvalue weighted by Gasteiger charge is -2.32. The Balaban J connectivity index is 2.03. The normalized spacial score (nSPS) is 12.0. The Labute approximate surface area is 186 Å². The van der Waals surface area contributed by atoms with Gasteiger partial charge >= 0.3 is 6.03 Å². The lowest BCUT2D eigenvalue weighted by molar-refractivity contribution is 0.130. The van der Waals surface area contributed by atoms with Crippen LogP contribution in [-0.4, -0.2) is 40.7 Å². The van der Waals surface area contributed by atoms with Gasteiger partial charge in [0.05, 0.1) is 23.6 Å². The van der Waals surface area contributed by atoms with Crippen LogP contribution in [0, 0.1) is 0 Å². The fourth-order valence-corrected chi connectivity index (χ4v) is 3.73. The van der Waals surface area contributed by atoms with E-state index >= 15 is 0 Å². The number of carbonyl (C=O) groups is 1. The van der Waals surface area contributed by atoms with Crippen LogP contribution in [-0.2, 0) is 11.3 Å². The van der Waals surface area contributed by atoms with Crippen molar-refractivity contribution in [3.63, 3.8) is 0 Å². The van der Waals surface area contributed by atoms with E-state index < -0.39 is 6.04 Å². The number of benzene rings is 2. The standard InChI is InChI=1S/C23H27ClN4O3/c1-4-20(21-26-19-9-7-6-8-18(19)22(29)27(21)5-2)28(14-15-31-3)23(30)25-17-12-10-16(24)11-13-17/h6-13,20H,4-5,14-15H2,1-3H3,(H,25,30)/t20-/m0/s1. The van der Waals surface area contributed by atoms with Crippen molar-refractivity contribution in [3.8, 4) is 0 Å². The maximum Gasteiger partial charge on any atom is 0.322 e. The number of ether oxygens (including phenoxy) is 1. The Morgan fingerprint density at radius 3 is 2.55 bits per heavy atom. The molecule has 0 saturated heterocycles. The number of hydrogen-bond donors (Lipinski definition) is 1. The van der Waals surface area contributed by atoms with E-state index in [9.17, 15) is 9.59 Å². The summed E-state index contributed by atoms with van der Waals surface area (Å²) >= 11 is 5.95. The summed E-state index contributed by atoms with van der Waals surface area (Å²) in [6, 6.07) is 13.5. The molecular weight excluding hydrogens is 416 g/mol. The van der Waals surface area contributed by atoms with Gasteiger partial charge in [-0.15, -0.1) is 0 Å². The predicted octanol–water partition coefficient (Wildman–Crippen LogP) is 4.70. The number of halogens is 1. The molecule has 1 aromatic heterocycles. The van der Waals surface area contributed by atoms with E-state index in [1.165, 1.54) is 0 Å². The lowest BCUT2D eigenvalue weighted by atomic mass is 10.1. The fourth-order valence-electron chi connectivity index (χ4n) is 3.60. The summed E-state index contributed by atoms with van der Waals surface area (Å²) < 4.78 is 6.89. The Kier molecular flexibility index (Phi) is 7.65. The predicted molar refractivity (Wildman–Crippen MR) is 124 cm³/mol. The molecule has 0 aliphatic heterocycles. The van der Waals surface area contributed by atoms with Crippen molar-refractivity contribution in [3.05, 3.63) is 69.7 Å². The zero-order valence-corrected chi connectivity index (χ0v) is 18.7. The average Bonchev–Trinajstić information content (AvgIpc) is 2.78. The Morgan fingerprint density at radius 1 is 1.19 bits per heavy atom. The second kappa shape index (κ2) is 10.4. The summed E-state index contributed by atoms with van der Waals surface area (Å²) in [6.07, 6.45) is 0.586. The van der Waals surface area contributed by atoms with Crippen LogP contribution in [0.5, 0.6) is 0 Å². The molecule has 0 fully saturated rings. The highest BCUT2D eigenvalue weighted by molar-refractivity contribution is 6.30. The molecular formula is C23H27ClN4O3. The number of fused-ring (bicyclic) bond motifs is 1. The van der Waals surface area contributed by atoms with E-state index in [0.717, 1.165) is 0 Å². The molecule has 0 radical (unpaired) electrons. The van der Waals surface area contributed by atoms with Gasteiger partial charge in [-0.3, -0.25) is 9.36 Å². The monoisotopic (exact) mass is 442 g/mol. The summed E-state index contributed by atoms with van der Waals surface area (Å²) in [7, 11) is 1.59. The average molecular weight is 443 g/mol. The Hall–Kier alpha value is -2.90. The number of hydrogen-bond acceptors (Lipinski definition) is 4. The number of anilines is 1. The summed E-state index contributed by atoms with van der Waals surface area (Å²) in [5, 5.41) is 4.07. The molecule has 2 aromatic carbocycles. The van der Waals surface area contributed by atoms with Crippen LogP contribution in [0.2, 0.25) is 5.02 Å². The van der Waals surface area contributed by atoms with Gasteiger partial charge in [-0.2, -0.15) is 0 Å². The minimum absolute atomic E-state index is 0.105. The highest BCUT2D eigenvalue weighted by Gasteiger charge is 2.28. The first kappa shape index (κ1) is 22.8. The van der Waals surface area contributed by atoms with Crippen molar-refractivity contribution in [2.75, 3.05) is 25.6 Å². The van der Waals surface area contributed by atoms with Crippen molar-refractivity contribution in [1.82, 2.24) is 14.5 Å². The first-order chi connectivity index (χ1) is 15.0. The third kappa shape index (κ3) is 5.06.